The number of hydrogen-bond donors (Lipinski definition) is 1. The van der Waals surface area contributed by atoms with E-state index in [1.165, 1.54) is 0 Å². The van der Waals surface area contributed by atoms with E-state index in [9.17, 15) is 18.1 Å². The average Bonchev–Trinajstić information content (AvgIpc) is 2.70. The molecule has 0 amide bonds. The lowest BCUT2D eigenvalue weighted by atomic mass is 9.96. The van der Waals surface area contributed by atoms with E-state index >= 15 is 0 Å². The van der Waals surface area contributed by atoms with E-state index in [-0.39, 0.29) is 16.9 Å². The minimum Gasteiger partial charge on any atom is -0.388 e. The zero-order chi connectivity index (χ0) is 18.3. The summed E-state index contributed by atoms with van der Waals surface area (Å²) in [5.74, 6) is -1.13. The first kappa shape index (κ1) is 20.7. The second kappa shape index (κ2) is 7.18. The van der Waals surface area contributed by atoms with Crippen molar-refractivity contribution in [1.29, 1.82) is 0 Å². The number of fused-ring (bicyclic) bond motifs is 1. The summed E-state index contributed by atoms with van der Waals surface area (Å²) in [6, 6.07) is 0. The highest BCUT2D eigenvalue weighted by Gasteiger charge is 2.54. The van der Waals surface area contributed by atoms with Gasteiger partial charge in [-0.1, -0.05) is 0 Å². The van der Waals surface area contributed by atoms with Gasteiger partial charge < -0.3 is 23.9 Å². The molecule has 0 aromatic carbocycles. The Hall–Kier alpha value is 0.370. The Kier molecular flexibility index (Phi) is 6.18. The van der Waals surface area contributed by atoms with Gasteiger partial charge in [0.15, 0.2) is 15.6 Å². The lowest BCUT2D eigenvalue weighted by Gasteiger charge is -2.38. The van der Waals surface area contributed by atoms with Gasteiger partial charge in [0.05, 0.1) is 24.1 Å². The van der Waals surface area contributed by atoms with E-state index in [4.69, 9.17) is 14.2 Å². The van der Waals surface area contributed by atoms with Crippen LogP contribution in [0.25, 0.3) is 0 Å². The SMILES string of the molecule is CC1OC(CS(=O)(=O)CSCP(C)(C)=O)C(O)C2OC(C)(C)OC12. The molecular weight excluding hydrogens is 375 g/mol. The summed E-state index contributed by atoms with van der Waals surface area (Å²) in [6.45, 7) is 8.54. The molecule has 2 fully saturated rings. The van der Waals surface area contributed by atoms with E-state index in [0.29, 0.717) is 5.49 Å². The molecule has 0 aromatic rings. The molecule has 24 heavy (non-hydrogen) atoms. The van der Waals surface area contributed by atoms with E-state index in [1.54, 1.807) is 34.1 Å². The fourth-order valence-electron chi connectivity index (χ4n) is 2.91. The summed E-state index contributed by atoms with van der Waals surface area (Å²) in [4.78, 5) is 0. The first-order valence-electron chi connectivity index (χ1n) is 7.81. The van der Waals surface area contributed by atoms with Crippen LogP contribution in [0, 0.1) is 0 Å². The highest BCUT2D eigenvalue weighted by molar-refractivity contribution is 8.15. The third kappa shape index (κ3) is 5.43. The second-order valence-electron chi connectivity index (χ2n) is 7.37. The number of hydrogen-bond acceptors (Lipinski definition) is 8. The van der Waals surface area contributed by atoms with Crippen LogP contribution in [0.4, 0.5) is 0 Å². The van der Waals surface area contributed by atoms with Gasteiger partial charge in [-0.15, -0.1) is 11.8 Å². The monoisotopic (exact) mass is 402 g/mol. The maximum atomic E-state index is 12.3. The zero-order valence-electron chi connectivity index (χ0n) is 14.7. The molecule has 0 bridgehead atoms. The Bertz CT molecular complexity index is 600. The maximum Gasteiger partial charge on any atom is 0.164 e. The molecule has 2 heterocycles. The maximum absolute atomic E-state index is 12.3. The van der Waals surface area contributed by atoms with Gasteiger partial charge in [0.1, 0.15) is 24.4 Å². The Labute approximate surface area is 148 Å². The van der Waals surface area contributed by atoms with Gasteiger partial charge in [0, 0.05) is 5.49 Å². The van der Waals surface area contributed by atoms with Crippen molar-refractivity contribution in [3.05, 3.63) is 0 Å². The van der Waals surface area contributed by atoms with Crippen molar-refractivity contribution in [3.8, 4) is 0 Å². The van der Waals surface area contributed by atoms with Crippen molar-refractivity contribution in [1.82, 2.24) is 0 Å². The summed E-state index contributed by atoms with van der Waals surface area (Å²) >= 11 is 1.13. The molecular formula is C14H27O7PS2. The van der Waals surface area contributed by atoms with Gasteiger partial charge in [-0.3, -0.25) is 0 Å². The van der Waals surface area contributed by atoms with E-state index in [1.807, 2.05) is 0 Å². The van der Waals surface area contributed by atoms with Crippen LogP contribution in [0.3, 0.4) is 0 Å². The smallest absolute Gasteiger partial charge is 0.164 e. The standard InChI is InChI=1S/C14H27O7PS2/c1-9-12-13(21-14(2,3)20-12)11(15)10(19-9)6-24(17,18)8-23-7-22(4,5)16/h9-13,15H,6-8H2,1-5H3. The van der Waals surface area contributed by atoms with Gasteiger partial charge >= 0.3 is 0 Å². The fraction of sp³-hybridized carbons (Fsp3) is 1.00. The van der Waals surface area contributed by atoms with Crippen LogP contribution in [0.2, 0.25) is 0 Å². The van der Waals surface area contributed by atoms with Crippen LogP contribution in [0.5, 0.6) is 0 Å². The van der Waals surface area contributed by atoms with Crippen LogP contribution < -0.4 is 0 Å². The zero-order valence-corrected chi connectivity index (χ0v) is 17.2. The summed E-state index contributed by atoms with van der Waals surface area (Å²) in [7, 11) is -5.72. The molecule has 2 saturated heterocycles. The number of rotatable bonds is 6. The molecule has 1 N–H and O–H groups in total. The third-order valence-electron chi connectivity index (χ3n) is 3.82. The van der Waals surface area contributed by atoms with E-state index in [0.717, 1.165) is 11.8 Å². The molecule has 0 aromatic heterocycles. The molecule has 2 aliphatic heterocycles. The molecule has 7 nitrogen and oxygen atoms in total. The molecule has 0 spiro atoms. The van der Waals surface area contributed by atoms with E-state index < -0.39 is 47.2 Å². The highest BCUT2D eigenvalue weighted by atomic mass is 32.3. The molecule has 142 valence electrons. The Morgan fingerprint density at radius 1 is 1.21 bits per heavy atom. The number of ether oxygens (including phenoxy) is 3. The fourth-order valence-corrected chi connectivity index (χ4v) is 7.81. The van der Waals surface area contributed by atoms with Crippen molar-refractivity contribution >= 4 is 28.7 Å². The third-order valence-corrected chi connectivity index (χ3v) is 9.97. The van der Waals surface area contributed by atoms with Crippen LogP contribution in [-0.4, -0.2) is 79.5 Å². The number of aliphatic hydroxyl groups excluding tert-OH is 1. The van der Waals surface area contributed by atoms with Crippen molar-refractivity contribution in [3.63, 3.8) is 0 Å². The molecule has 0 aliphatic carbocycles. The Morgan fingerprint density at radius 2 is 1.79 bits per heavy atom. The molecule has 5 atom stereocenters. The van der Waals surface area contributed by atoms with Gasteiger partial charge in [-0.05, 0) is 34.1 Å². The summed E-state index contributed by atoms with van der Waals surface area (Å²) < 4.78 is 53.4. The van der Waals surface area contributed by atoms with Crippen molar-refractivity contribution in [2.75, 3.05) is 29.7 Å². The highest BCUT2D eigenvalue weighted by Crippen LogP contribution is 2.41. The minimum atomic E-state index is -3.46. The minimum absolute atomic E-state index is 0.142. The quantitative estimate of drug-likeness (QED) is 0.665. The molecule has 5 unspecified atom stereocenters. The summed E-state index contributed by atoms with van der Waals surface area (Å²) in [5.41, 5.74) is 0.312. The lowest BCUT2D eigenvalue weighted by Crippen LogP contribution is -2.57. The average molecular weight is 402 g/mol. The number of thioether (sulfide) groups is 1. The lowest BCUT2D eigenvalue weighted by molar-refractivity contribution is -0.173. The second-order valence-corrected chi connectivity index (χ2v) is 14.7. The topological polar surface area (TPSA) is 99.1 Å². The predicted octanol–water partition coefficient (Wildman–Crippen LogP) is 1.34. The molecule has 2 aliphatic rings. The summed E-state index contributed by atoms with van der Waals surface area (Å²) in [6.07, 6.45) is -3.34. The van der Waals surface area contributed by atoms with Crippen LogP contribution >= 0.6 is 18.9 Å². The Morgan fingerprint density at radius 3 is 2.38 bits per heavy atom. The Balaban J connectivity index is 1.98. The molecule has 0 radical (unpaired) electrons. The molecule has 10 heteroatoms. The van der Waals surface area contributed by atoms with E-state index in [2.05, 4.69) is 0 Å². The number of aliphatic hydroxyl groups is 1. The van der Waals surface area contributed by atoms with Crippen LogP contribution in [0.1, 0.15) is 20.8 Å². The first-order valence-corrected chi connectivity index (χ1v) is 13.6. The first-order chi connectivity index (χ1) is 10.8. The van der Waals surface area contributed by atoms with Crippen molar-refractivity contribution in [2.45, 2.75) is 57.1 Å². The van der Waals surface area contributed by atoms with Gasteiger partial charge in [0.25, 0.3) is 0 Å². The number of sulfone groups is 1. The van der Waals surface area contributed by atoms with Gasteiger partial charge in [-0.25, -0.2) is 8.42 Å². The van der Waals surface area contributed by atoms with Crippen molar-refractivity contribution in [2.24, 2.45) is 0 Å². The normalized spacial score (nSPS) is 36.5. The van der Waals surface area contributed by atoms with Crippen LogP contribution in [-0.2, 0) is 28.6 Å². The molecule has 2 rings (SSSR count). The summed E-state index contributed by atoms with van der Waals surface area (Å²) in [5, 5.41) is 10.3. The van der Waals surface area contributed by atoms with Crippen LogP contribution in [0.15, 0.2) is 0 Å². The van der Waals surface area contributed by atoms with Gasteiger partial charge in [-0.2, -0.15) is 0 Å². The van der Waals surface area contributed by atoms with Gasteiger partial charge in [0.2, 0.25) is 0 Å². The predicted molar refractivity (Wildman–Crippen MR) is 94.7 cm³/mol. The van der Waals surface area contributed by atoms with Crippen molar-refractivity contribution < 1.29 is 32.3 Å². The largest absolute Gasteiger partial charge is 0.388 e. The molecule has 0 saturated carbocycles.